The van der Waals surface area contributed by atoms with E-state index in [1.807, 2.05) is 0 Å². The molecular formula is C17H31N3S. The molecule has 2 rings (SSSR count). The van der Waals surface area contributed by atoms with Crippen molar-refractivity contribution in [1.29, 1.82) is 0 Å². The van der Waals surface area contributed by atoms with Crippen molar-refractivity contribution < 1.29 is 0 Å². The first kappa shape index (κ1) is 16.9. The molecule has 120 valence electrons. The number of thiazole rings is 1. The summed E-state index contributed by atoms with van der Waals surface area (Å²) in [5.74, 6) is 0.697. The summed E-state index contributed by atoms with van der Waals surface area (Å²) in [6, 6.07) is 0.650. The molecule has 1 fully saturated rings. The van der Waals surface area contributed by atoms with Crippen LogP contribution in [0.2, 0.25) is 0 Å². The molecule has 1 aromatic heterocycles. The third-order valence-electron chi connectivity index (χ3n) is 5.06. The largest absolute Gasteiger partial charge is 0.308 e. The molecule has 0 radical (unpaired) electrons. The molecule has 1 aliphatic heterocycles. The predicted molar refractivity (Wildman–Crippen MR) is 92.1 cm³/mol. The van der Waals surface area contributed by atoms with Crippen molar-refractivity contribution in [3.8, 4) is 0 Å². The van der Waals surface area contributed by atoms with Crippen LogP contribution in [0.15, 0.2) is 5.38 Å². The second-order valence-corrected chi connectivity index (χ2v) is 7.73. The quantitative estimate of drug-likeness (QED) is 0.872. The molecule has 0 spiro atoms. The minimum absolute atomic E-state index is 0.310. The Morgan fingerprint density at radius 1 is 1.43 bits per heavy atom. The molecule has 1 N–H and O–H groups in total. The predicted octanol–water partition coefficient (Wildman–Crippen LogP) is 3.48. The monoisotopic (exact) mass is 309 g/mol. The van der Waals surface area contributed by atoms with Crippen LogP contribution in [0.1, 0.15) is 51.2 Å². The van der Waals surface area contributed by atoms with Crippen molar-refractivity contribution in [2.45, 2.75) is 65.5 Å². The van der Waals surface area contributed by atoms with Crippen molar-refractivity contribution >= 4 is 11.3 Å². The summed E-state index contributed by atoms with van der Waals surface area (Å²) >= 11 is 1.81. The molecule has 1 unspecified atom stereocenters. The van der Waals surface area contributed by atoms with Crippen LogP contribution in [-0.4, -0.2) is 41.1 Å². The van der Waals surface area contributed by atoms with Crippen molar-refractivity contribution in [3.63, 3.8) is 0 Å². The number of rotatable bonds is 6. The zero-order chi connectivity index (χ0) is 15.5. The number of aryl methyl sites for hydroxylation is 1. The minimum Gasteiger partial charge on any atom is -0.308 e. The van der Waals surface area contributed by atoms with Crippen molar-refractivity contribution in [2.75, 3.05) is 19.6 Å². The fraction of sp³-hybridized carbons (Fsp3) is 0.824. The summed E-state index contributed by atoms with van der Waals surface area (Å²) in [6.45, 7) is 14.8. The fourth-order valence-electron chi connectivity index (χ4n) is 3.39. The van der Waals surface area contributed by atoms with Crippen LogP contribution in [0.25, 0.3) is 0 Å². The maximum Gasteiger partial charge on any atom is 0.0940 e. The van der Waals surface area contributed by atoms with Crippen LogP contribution in [0.4, 0.5) is 0 Å². The highest BCUT2D eigenvalue weighted by atomic mass is 32.1. The molecular weight excluding hydrogens is 278 g/mol. The van der Waals surface area contributed by atoms with Crippen LogP contribution in [0.3, 0.4) is 0 Å². The van der Waals surface area contributed by atoms with Crippen LogP contribution in [-0.2, 0) is 6.42 Å². The molecule has 4 heteroatoms. The smallest absolute Gasteiger partial charge is 0.0940 e. The third kappa shape index (κ3) is 4.05. The lowest BCUT2D eigenvalue weighted by molar-refractivity contribution is 0.0514. The maximum absolute atomic E-state index is 4.62. The molecule has 0 aliphatic carbocycles. The Morgan fingerprint density at radius 3 is 2.67 bits per heavy atom. The summed E-state index contributed by atoms with van der Waals surface area (Å²) in [5.41, 5.74) is 1.47. The number of hydrogen-bond donors (Lipinski definition) is 1. The Labute approximate surface area is 134 Å². The van der Waals surface area contributed by atoms with Gasteiger partial charge in [-0.3, -0.25) is 4.90 Å². The van der Waals surface area contributed by atoms with E-state index >= 15 is 0 Å². The Kier molecular flexibility index (Phi) is 5.81. The second-order valence-electron chi connectivity index (χ2n) is 6.78. The van der Waals surface area contributed by atoms with Crippen LogP contribution < -0.4 is 5.32 Å². The summed E-state index contributed by atoms with van der Waals surface area (Å²) in [7, 11) is 0. The Bertz CT molecular complexity index is 437. The highest BCUT2D eigenvalue weighted by Gasteiger charge is 2.37. The molecule has 0 aromatic carbocycles. The number of hydrogen-bond acceptors (Lipinski definition) is 4. The first-order valence-corrected chi connectivity index (χ1v) is 9.27. The summed E-state index contributed by atoms with van der Waals surface area (Å²) in [6.07, 6.45) is 3.51. The maximum atomic E-state index is 4.62. The molecule has 3 nitrogen and oxygen atoms in total. The van der Waals surface area contributed by atoms with Crippen molar-refractivity contribution in [2.24, 2.45) is 5.92 Å². The number of nitrogens with zero attached hydrogens (tertiary/aromatic N) is 2. The van der Waals surface area contributed by atoms with Gasteiger partial charge in [0.1, 0.15) is 0 Å². The first-order valence-electron chi connectivity index (χ1n) is 8.39. The summed E-state index contributed by atoms with van der Waals surface area (Å²) < 4.78 is 0. The molecule has 21 heavy (non-hydrogen) atoms. The lowest BCUT2D eigenvalue weighted by Gasteiger charge is -2.49. The van der Waals surface area contributed by atoms with Gasteiger partial charge in [-0.25, -0.2) is 4.98 Å². The summed E-state index contributed by atoms with van der Waals surface area (Å²) in [4.78, 5) is 7.33. The average Bonchev–Trinajstić information content (AvgIpc) is 2.90. The van der Waals surface area contributed by atoms with Gasteiger partial charge in [0.2, 0.25) is 0 Å². The van der Waals surface area contributed by atoms with Gasteiger partial charge in [-0.15, -0.1) is 11.3 Å². The van der Waals surface area contributed by atoms with Gasteiger partial charge in [0.05, 0.1) is 5.01 Å². The van der Waals surface area contributed by atoms with E-state index < -0.39 is 0 Å². The normalized spacial score (nSPS) is 22.9. The zero-order valence-corrected chi connectivity index (χ0v) is 15.1. The van der Waals surface area contributed by atoms with Crippen LogP contribution in [0.5, 0.6) is 0 Å². The van der Waals surface area contributed by atoms with Gasteiger partial charge in [0.15, 0.2) is 0 Å². The van der Waals surface area contributed by atoms with E-state index in [0.717, 1.165) is 25.2 Å². The highest BCUT2D eigenvalue weighted by molar-refractivity contribution is 7.09. The lowest BCUT2D eigenvalue weighted by atomic mass is 9.86. The molecule has 1 aliphatic rings. The van der Waals surface area contributed by atoms with E-state index in [9.17, 15) is 0 Å². The summed E-state index contributed by atoms with van der Waals surface area (Å²) in [5, 5.41) is 7.29. The van der Waals surface area contributed by atoms with E-state index in [1.54, 1.807) is 11.3 Å². The molecule has 1 saturated heterocycles. The van der Waals surface area contributed by atoms with E-state index in [1.165, 1.54) is 24.4 Å². The molecule has 0 bridgehead atoms. The van der Waals surface area contributed by atoms with E-state index in [0.29, 0.717) is 17.5 Å². The van der Waals surface area contributed by atoms with E-state index in [2.05, 4.69) is 55.2 Å². The van der Waals surface area contributed by atoms with Gasteiger partial charge in [-0.2, -0.15) is 0 Å². The van der Waals surface area contributed by atoms with Gasteiger partial charge >= 0.3 is 0 Å². The second kappa shape index (κ2) is 7.21. The number of aromatic nitrogens is 1. The van der Waals surface area contributed by atoms with Gasteiger partial charge in [-0.05, 0) is 25.7 Å². The first-order chi connectivity index (χ1) is 9.99. The highest BCUT2D eigenvalue weighted by Crippen LogP contribution is 2.26. The topological polar surface area (TPSA) is 28.2 Å². The Hall–Kier alpha value is -0.450. The van der Waals surface area contributed by atoms with Gasteiger partial charge in [0.25, 0.3) is 0 Å². The molecule has 2 heterocycles. The Balaban J connectivity index is 2.03. The SMILES string of the molecule is CCC1(CC)CN(CCc2nc(C)cs2)C(C(C)C)CN1. The van der Waals surface area contributed by atoms with E-state index in [-0.39, 0.29) is 0 Å². The van der Waals surface area contributed by atoms with Crippen LogP contribution in [0, 0.1) is 12.8 Å². The van der Waals surface area contributed by atoms with E-state index in [4.69, 9.17) is 0 Å². The molecule has 1 aromatic rings. The standard InChI is InChI=1S/C17H31N3S/c1-6-17(7-2)12-20(15(10-18-17)13(3)4)9-8-16-19-14(5)11-21-16/h11,13,15,18H,6-10,12H2,1-5H3. The molecule has 0 saturated carbocycles. The Morgan fingerprint density at radius 2 is 2.14 bits per heavy atom. The average molecular weight is 310 g/mol. The van der Waals surface area contributed by atoms with Crippen LogP contribution >= 0.6 is 11.3 Å². The van der Waals surface area contributed by atoms with Gasteiger partial charge < -0.3 is 5.32 Å². The van der Waals surface area contributed by atoms with Gasteiger partial charge in [0, 0.05) is 48.7 Å². The van der Waals surface area contributed by atoms with Crippen molar-refractivity contribution in [1.82, 2.24) is 15.2 Å². The number of nitrogens with one attached hydrogen (secondary N) is 1. The minimum atomic E-state index is 0.310. The van der Waals surface area contributed by atoms with Gasteiger partial charge in [-0.1, -0.05) is 27.7 Å². The third-order valence-corrected chi connectivity index (χ3v) is 6.09. The zero-order valence-electron chi connectivity index (χ0n) is 14.3. The number of piperazine rings is 1. The fourth-order valence-corrected chi connectivity index (χ4v) is 4.16. The van der Waals surface area contributed by atoms with Crippen molar-refractivity contribution in [3.05, 3.63) is 16.1 Å². The molecule has 1 atom stereocenters. The lowest BCUT2D eigenvalue weighted by Crippen LogP contribution is -2.65. The molecule has 0 amide bonds.